The maximum Gasteiger partial charge on any atom is 0.277 e. The van der Waals surface area contributed by atoms with Crippen LogP contribution in [0.2, 0.25) is 0 Å². The fourth-order valence-electron chi connectivity index (χ4n) is 5.07. The smallest absolute Gasteiger partial charge is 0.277 e. The highest BCUT2D eigenvalue weighted by molar-refractivity contribution is 7.89. The van der Waals surface area contributed by atoms with E-state index in [0.29, 0.717) is 67.3 Å². The van der Waals surface area contributed by atoms with Gasteiger partial charge in [0.1, 0.15) is 17.1 Å². The van der Waals surface area contributed by atoms with E-state index >= 15 is 0 Å². The van der Waals surface area contributed by atoms with Crippen molar-refractivity contribution in [2.45, 2.75) is 43.0 Å². The Kier molecular flexibility index (Phi) is 8.72. The molecule has 3 N–H and O–H groups in total. The van der Waals surface area contributed by atoms with E-state index in [1.807, 2.05) is 20.9 Å². The molecule has 0 unspecified atom stereocenters. The van der Waals surface area contributed by atoms with Gasteiger partial charge in [-0.2, -0.15) is 9.40 Å². The summed E-state index contributed by atoms with van der Waals surface area (Å²) in [5, 5.41) is 9.89. The van der Waals surface area contributed by atoms with Crippen molar-refractivity contribution in [3.05, 3.63) is 64.1 Å². The molecule has 0 atom stereocenters. The first-order chi connectivity index (χ1) is 20.4. The lowest BCUT2D eigenvalue weighted by molar-refractivity contribution is 0.222. The lowest BCUT2D eigenvalue weighted by Gasteiger charge is -2.31. The number of aromatic nitrogens is 4. The first-order valence-corrected chi connectivity index (χ1v) is 17.0. The van der Waals surface area contributed by atoms with E-state index in [1.165, 1.54) is 28.6 Å². The highest BCUT2D eigenvalue weighted by Gasteiger charge is 2.29. The van der Waals surface area contributed by atoms with Crippen molar-refractivity contribution in [1.82, 2.24) is 29.0 Å². The number of aryl methyl sites for hydroxylation is 1. The molecular formula is C28H35N7O6S2. The maximum atomic E-state index is 13.6. The number of H-pyrrole nitrogens is 1. The SMILES string of the molecule is CCCc1nn(Cc2ccc(S(N)(=O)=O)cc2)c2c(=O)[nH]c(-c3cc(S(=O)(=O)N4CCN(C)CC4)ccc3OCC)nc12. The van der Waals surface area contributed by atoms with Crippen molar-refractivity contribution >= 4 is 31.1 Å². The van der Waals surface area contributed by atoms with Crippen molar-refractivity contribution < 1.29 is 21.6 Å². The van der Waals surface area contributed by atoms with E-state index in [-0.39, 0.29) is 27.7 Å². The molecule has 0 saturated carbocycles. The standard InChI is InChI=1S/C28H35N7O6S2/c1-4-6-23-25-26(35(32-23)18-19-7-9-20(10-8-19)42(29,37)38)28(36)31-27(30-25)22-17-21(11-12-24(22)41-5-2)43(39,40)34-15-13-33(3)14-16-34/h7-12,17H,4-6,13-16,18H2,1-3H3,(H2,29,37,38)(H,30,31,36). The lowest BCUT2D eigenvalue weighted by Crippen LogP contribution is -2.47. The monoisotopic (exact) mass is 629 g/mol. The number of nitrogens with zero attached hydrogens (tertiary/aromatic N) is 5. The average molecular weight is 630 g/mol. The quantitative estimate of drug-likeness (QED) is 0.265. The van der Waals surface area contributed by atoms with Gasteiger partial charge in [-0.25, -0.2) is 27.0 Å². The number of ether oxygens (including phenoxy) is 1. The van der Waals surface area contributed by atoms with Gasteiger partial charge in [-0.15, -0.1) is 0 Å². The number of nitrogens with two attached hydrogens (primary N) is 1. The van der Waals surface area contributed by atoms with Crippen LogP contribution < -0.4 is 15.4 Å². The molecule has 1 fully saturated rings. The van der Waals surface area contributed by atoms with Gasteiger partial charge in [-0.3, -0.25) is 9.48 Å². The minimum absolute atomic E-state index is 0.0145. The molecule has 1 saturated heterocycles. The molecule has 4 aromatic rings. The number of hydrogen-bond acceptors (Lipinski definition) is 9. The number of sulfonamides is 2. The Morgan fingerprint density at radius 1 is 0.977 bits per heavy atom. The summed E-state index contributed by atoms with van der Waals surface area (Å²) in [5.74, 6) is 0.562. The van der Waals surface area contributed by atoms with Gasteiger partial charge in [0, 0.05) is 26.2 Å². The Labute approximate surface area is 250 Å². The lowest BCUT2D eigenvalue weighted by atomic mass is 10.1. The summed E-state index contributed by atoms with van der Waals surface area (Å²) in [6.07, 6.45) is 1.31. The predicted molar refractivity (Wildman–Crippen MR) is 162 cm³/mol. The van der Waals surface area contributed by atoms with Crippen LogP contribution in [-0.2, 0) is 33.0 Å². The molecule has 0 amide bonds. The molecule has 230 valence electrons. The number of rotatable bonds is 10. The summed E-state index contributed by atoms with van der Waals surface area (Å²) >= 11 is 0. The number of primary sulfonamides is 1. The van der Waals surface area contributed by atoms with E-state index in [0.717, 1.165) is 6.42 Å². The van der Waals surface area contributed by atoms with Crippen LogP contribution in [0, 0.1) is 0 Å². The summed E-state index contributed by atoms with van der Waals surface area (Å²) in [7, 11) is -5.67. The maximum absolute atomic E-state index is 13.6. The van der Waals surface area contributed by atoms with Crippen LogP contribution in [0.1, 0.15) is 31.5 Å². The van der Waals surface area contributed by atoms with Crippen molar-refractivity contribution in [2.75, 3.05) is 39.8 Å². The van der Waals surface area contributed by atoms with Crippen LogP contribution >= 0.6 is 0 Å². The largest absolute Gasteiger partial charge is 0.493 e. The Morgan fingerprint density at radius 2 is 1.65 bits per heavy atom. The van der Waals surface area contributed by atoms with Gasteiger partial charge < -0.3 is 14.6 Å². The molecule has 0 bridgehead atoms. The summed E-state index contributed by atoms with van der Waals surface area (Å²) in [4.78, 5) is 23.4. The molecule has 15 heteroatoms. The van der Waals surface area contributed by atoms with E-state index < -0.39 is 25.6 Å². The van der Waals surface area contributed by atoms with Crippen LogP contribution in [0.5, 0.6) is 5.75 Å². The van der Waals surface area contributed by atoms with Crippen LogP contribution in [-0.4, -0.2) is 85.6 Å². The molecule has 5 rings (SSSR count). The van der Waals surface area contributed by atoms with Crippen LogP contribution in [0.3, 0.4) is 0 Å². The topological polar surface area (TPSA) is 174 Å². The number of fused-ring (bicyclic) bond motifs is 1. The minimum Gasteiger partial charge on any atom is -0.493 e. The first-order valence-electron chi connectivity index (χ1n) is 14.0. The minimum atomic E-state index is -3.84. The molecule has 13 nitrogen and oxygen atoms in total. The van der Waals surface area contributed by atoms with Gasteiger partial charge in [0.05, 0.1) is 34.2 Å². The van der Waals surface area contributed by atoms with E-state index in [4.69, 9.17) is 14.9 Å². The zero-order chi connectivity index (χ0) is 30.9. The third-order valence-electron chi connectivity index (χ3n) is 7.34. The second-order valence-electron chi connectivity index (χ2n) is 10.5. The zero-order valence-electron chi connectivity index (χ0n) is 24.3. The Hall–Kier alpha value is -3.63. The van der Waals surface area contributed by atoms with Gasteiger partial charge in [0.25, 0.3) is 5.56 Å². The fraction of sp³-hybridized carbons (Fsp3) is 0.393. The van der Waals surface area contributed by atoms with Gasteiger partial charge in [-0.05, 0) is 56.3 Å². The molecular weight excluding hydrogens is 594 g/mol. The molecule has 1 aliphatic rings. The number of likely N-dealkylation sites (N-methyl/N-ethyl adjacent to an activating group) is 1. The molecule has 43 heavy (non-hydrogen) atoms. The second kappa shape index (κ2) is 12.2. The molecule has 0 aliphatic carbocycles. The van der Waals surface area contributed by atoms with E-state index in [1.54, 1.807) is 22.9 Å². The van der Waals surface area contributed by atoms with Crippen LogP contribution in [0.15, 0.2) is 57.1 Å². The van der Waals surface area contributed by atoms with Gasteiger partial charge in [-0.1, -0.05) is 25.5 Å². The molecule has 0 spiro atoms. The third-order valence-corrected chi connectivity index (χ3v) is 10.2. The summed E-state index contributed by atoms with van der Waals surface area (Å²) in [6, 6.07) is 10.6. The number of aromatic amines is 1. The number of nitrogens with one attached hydrogen (secondary N) is 1. The number of benzene rings is 2. The number of piperazine rings is 1. The first kappa shape index (κ1) is 30.8. The van der Waals surface area contributed by atoms with E-state index in [9.17, 15) is 21.6 Å². The predicted octanol–water partition coefficient (Wildman–Crippen LogP) is 1.77. The van der Waals surface area contributed by atoms with Gasteiger partial charge in [0.2, 0.25) is 20.0 Å². The van der Waals surface area contributed by atoms with Crippen LogP contribution in [0.25, 0.3) is 22.4 Å². The summed E-state index contributed by atoms with van der Waals surface area (Å²) in [5.41, 5.74) is 1.88. The van der Waals surface area contributed by atoms with Crippen molar-refractivity contribution in [3.63, 3.8) is 0 Å². The van der Waals surface area contributed by atoms with Crippen LogP contribution in [0.4, 0.5) is 0 Å². The van der Waals surface area contributed by atoms with Crippen molar-refractivity contribution in [2.24, 2.45) is 5.14 Å². The number of hydrogen-bond donors (Lipinski definition) is 2. The van der Waals surface area contributed by atoms with Crippen molar-refractivity contribution in [3.8, 4) is 17.1 Å². The molecule has 1 aliphatic heterocycles. The van der Waals surface area contributed by atoms with E-state index in [2.05, 4.69) is 15.0 Å². The third kappa shape index (κ3) is 6.35. The molecule has 2 aromatic heterocycles. The Morgan fingerprint density at radius 3 is 2.28 bits per heavy atom. The highest BCUT2D eigenvalue weighted by Crippen LogP contribution is 2.32. The average Bonchev–Trinajstić information content (AvgIpc) is 3.30. The zero-order valence-corrected chi connectivity index (χ0v) is 25.9. The fourth-order valence-corrected chi connectivity index (χ4v) is 7.03. The Bertz CT molecular complexity index is 1910. The van der Waals surface area contributed by atoms with Gasteiger partial charge in [0.15, 0.2) is 5.52 Å². The Balaban J connectivity index is 1.59. The normalized spacial score (nSPS) is 15.3. The molecule has 0 radical (unpaired) electrons. The molecule has 3 heterocycles. The van der Waals surface area contributed by atoms with Gasteiger partial charge >= 0.3 is 0 Å². The highest BCUT2D eigenvalue weighted by atomic mass is 32.2. The second-order valence-corrected chi connectivity index (χ2v) is 14.0. The molecule has 2 aromatic carbocycles. The summed E-state index contributed by atoms with van der Waals surface area (Å²) in [6.45, 7) is 6.36. The van der Waals surface area contributed by atoms with Crippen molar-refractivity contribution in [1.29, 1.82) is 0 Å². The summed E-state index contributed by atoms with van der Waals surface area (Å²) < 4.78 is 59.2.